The van der Waals surface area contributed by atoms with Crippen LogP contribution in [0.1, 0.15) is 34.6 Å². The summed E-state index contributed by atoms with van der Waals surface area (Å²) in [6.45, 7) is 3.62. The predicted molar refractivity (Wildman–Crippen MR) is 151 cm³/mol. The van der Waals surface area contributed by atoms with Gasteiger partial charge in [0.1, 0.15) is 6.54 Å². The number of benzene rings is 3. The number of nitrogens with one attached hydrogen (secondary N) is 1. The zero-order valence-corrected chi connectivity index (χ0v) is 23.8. The van der Waals surface area contributed by atoms with Gasteiger partial charge in [-0.05, 0) is 80.6 Å². The second-order valence-corrected chi connectivity index (χ2v) is 11.4. The standard InChI is InChI=1S/C27H24ClN3O7S2/c1-3-37-24(32)16-31-22-14-7-18(26(34)38-4-2)15-23(22)39-27(31)29-25(33)17-5-10-20(11-6-17)30-40(35,36)21-12-8-19(28)9-13-21/h5-15,30H,3-4,16H2,1-2H3. The number of nitrogens with zero attached hydrogens (tertiary/aromatic N) is 2. The van der Waals surface area contributed by atoms with Crippen LogP contribution in [0.5, 0.6) is 0 Å². The summed E-state index contributed by atoms with van der Waals surface area (Å²) in [4.78, 5) is 42.0. The van der Waals surface area contributed by atoms with Crippen molar-refractivity contribution in [2.24, 2.45) is 4.99 Å². The molecule has 0 aliphatic heterocycles. The number of carbonyl (C=O) groups excluding carboxylic acids is 3. The maximum atomic E-state index is 13.1. The topological polar surface area (TPSA) is 133 Å². The monoisotopic (exact) mass is 601 g/mol. The van der Waals surface area contributed by atoms with Crippen molar-refractivity contribution in [3.63, 3.8) is 0 Å². The molecule has 1 aromatic heterocycles. The second kappa shape index (κ2) is 12.5. The summed E-state index contributed by atoms with van der Waals surface area (Å²) in [5, 5.41) is 0.409. The van der Waals surface area contributed by atoms with Crippen molar-refractivity contribution in [1.29, 1.82) is 0 Å². The molecule has 0 fully saturated rings. The van der Waals surface area contributed by atoms with Gasteiger partial charge in [0, 0.05) is 16.3 Å². The minimum atomic E-state index is -3.86. The van der Waals surface area contributed by atoms with E-state index in [0.717, 1.165) is 11.3 Å². The zero-order chi connectivity index (χ0) is 28.9. The van der Waals surface area contributed by atoms with Crippen LogP contribution in [0.15, 0.2) is 76.6 Å². The fraction of sp³-hybridized carbons (Fsp3) is 0.185. The Hall–Kier alpha value is -4.00. The maximum absolute atomic E-state index is 13.1. The quantitative estimate of drug-likeness (QED) is 0.276. The van der Waals surface area contributed by atoms with Gasteiger partial charge in [-0.3, -0.25) is 14.3 Å². The van der Waals surface area contributed by atoms with Crippen molar-refractivity contribution in [2.75, 3.05) is 17.9 Å². The lowest BCUT2D eigenvalue weighted by molar-refractivity contribution is -0.143. The van der Waals surface area contributed by atoms with Crippen LogP contribution in [-0.2, 0) is 30.8 Å². The Kier molecular flexibility index (Phi) is 9.03. The lowest BCUT2D eigenvalue weighted by Crippen LogP contribution is -2.23. The van der Waals surface area contributed by atoms with E-state index >= 15 is 0 Å². The Morgan fingerprint density at radius 3 is 2.23 bits per heavy atom. The molecule has 0 radical (unpaired) electrons. The van der Waals surface area contributed by atoms with Crippen molar-refractivity contribution < 1.29 is 32.3 Å². The van der Waals surface area contributed by atoms with Crippen molar-refractivity contribution in [1.82, 2.24) is 4.57 Å². The van der Waals surface area contributed by atoms with E-state index < -0.39 is 27.9 Å². The number of sulfonamides is 1. The van der Waals surface area contributed by atoms with Gasteiger partial charge >= 0.3 is 11.9 Å². The molecule has 0 atom stereocenters. The summed E-state index contributed by atoms with van der Waals surface area (Å²) >= 11 is 6.96. The van der Waals surface area contributed by atoms with Gasteiger partial charge in [-0.25, -0.2) is 13.2 Å². The van der Waals surface area contributed by atoms with E-state index in [1.54, 1.807) is 36.6 Å². The molecule has 40 heavy (non-hydrogen) atoms. The average Bonchev–Trinajstić information content (AvgIpc) is 3.25. The molecule has 208 valence electrons. The third-order valence-corrected chi connectivity index (χ3v) is 8.18. The molecular formula is C27H24ClN3O7S2. The van der Waals surface area contributed by atoms with E-state index in [-0.39, 0.29) is 40.7 Å². The average molecular weight is 602 g/mol. The zero-order valence-electron chi connectivity index (χ0n) is 21.4. The molecule has 0 bridgehead atoms. The van der Waals surface area contributed by atoms with E-state index in [0.29, 0.717) is 20.8 Å². The van der Waals surface area contributed by atoms with Crippen molar-refractivity contribution in [3.8, 4) is 0 Å². The van der Waals surface area contributed by atoms with E-state index in [2.05, 4.69) is 9.71 Å². The molecule has 0 aliphatic carbocycles. The third-order valence-electron chi connectivity index (χ3n) is 5.49. The first-order valence-electron chi connectivity index (χ1n) is 12.0. The van der Waals surface area contributed by atoms with Gasteiger partial charge in [0.25, 0.3) is 15.9 Å². The molecule has 0 spiro atoms. The van der Waals surface area contributed by atoms with Crippen molar-refractivity contribution in [2.45, 2.75) is 25.3 Å². The number of carbonyl (C=O) groups is 3. The number of hydrogen-bond acceptors (Lipinski definition) is 8. The summed E-state index contributed by atoms with van der Waals surface area (Å²) in [5.41, 5.74) is 1.36. The van der Waals surface area contributed by atoms with Gasteiger partial charge in [0.2, 0.25) is 0 Å². The molecule has 0 unspecified atom stereocenters. The fourth-order valence-electron chi connectivity index (χ4n) is 3.65. The molecule has 4 rings (SSSR count). The van der Waals surface area contributed by atoms with Crippen LogP contribution >= 0.6 is 22.9 Å². The summed E-state index contributed by atoms with van der Waals surface area (Å²) in [5.74, 6) is -1.61. The molecule has 0 aliphatic rings. The number of esters is 2. The minimum Gasteiger partial charge on any atom is -0.465 e. The highest BCUT2D eigenvalue weighted by Crippen LogP contribution is 2.21. The largest absolute Gasteiger partial charge is 0.465 e. The molecule has 13 heteroatoms. The molecule has 1 N–H and O–H groups in total. The van der Waals surface area contributed by atoms with Crippen molar-refractivity contribution >= 4 is 66.7 Å². The lowest BCUT2D eigenvalue weighted by atomic mass is 10.2. The number of thiazole rings is 1. The first kappa shape index (κ1) is 29.0. The first-order chi connectivity index (χ1) is 19.1. The number of hydrogen-bond donors (Lipinski definition) is 1. The third kappa shape index (κ3) is 6.76. The van der Waals surface area contributed by atoms with E-state index in [4.69, 9.17) is 21.1 Å². The van der Waals surface area contributed by atoms with E-state index in [1.165, 1.54) is 48.5 Å². The Morgan fingerprint density at radius 2 is 1.57 bits per heavy atom. The smallest absolute Gasteiger partial charge is 0.338 e. The van der Waals surface area contributed by atoms with Gasteiger partial charge in [0.05, 0.1) is 33.9 Å². The van der Waals surface area contributed by atoms with Crippen LogP contribution in [0.4, 0.5) is 5.69 Å². The van der Waals surface area contributed by atoms with Gasteiger partial charge in [-0.15, -0.1) is 0 Å². The number of aromatic nitrogens is 1. The highest BCUT2D eigenvalue weighted by molar-refractivity contribution is 7.92. The van der Waals surface area contributed by atoms with E-state index in [1.807, 2.05) is 0 Å². The maximum Gasteiger partial charge on any atom is 0.338 e. The van der Waals surface area contributed by atoms with Gasteiger partial charge in [0.15, 0.2) is 4.80 Å². The molecule has 0 saturated carbocycles. The van der Waals surface area contributed by atoms with Gasteiger partial charge in [-0.1, -0.05) is 22.9 Å². The number of rotatable bonds is 9. The van der Waals surface area contributed by atoms with Crippen LogP contribution in [-0.4, -0.2) is 44.0 Å². The van der Waals surface area contributed by atoms with E-state index in [9.17, 15) is 22.8 Å². The Balaban J connectivity index is 1.64. The van der Waals surface area contributed by atoms with Crippen LogP contribution in [0.25, 0.3) is 10.2 Å². The molecule has 10 nitrogen and oxygen atoms in total. The van der Waals surface area contributed by atoms with Gasteiger partial charge < -0.3 is 14.0 Å². The van der Waals surface area contributed by atoms with Gasteiger partial charge in [-0.2, -0.15) is 4.99 Å². The highest BCUT2D eigenvalue weighted by Gasteiger charge is 2.17. The fourth-order valence-corrected chi connectivity index (χ4v) is 5.90. The lowest BCUT2D eigenvalue weighted by Gasteiger charge is -2.08. The minimum absolute atomic E-state index is 0.0362. The summed E-state index contributed by atoms with van der Waals surface area (Å²) < 4.78 is 40.0. The molecular weight excluding hydrogens is 578 g/mol. The SMILES string of the molecule is CCOC(=O)Cn1c(=NC(=O)c2ccc(NS(=O)(=O)c3ccc(Cl)cc3)cc2)sc2cc(C(=O)OCC)ccc21. The molecule has 1 heterocycles. The summed E-state index contributed by atoms with van der Waals surface area (Å²) in [6, 6.07) is 16.3. The molecule has 3 aromatic carbocycles. The predicted octanol–water partition coefficient (Wildman–Crippen LogP) is 4.64. The van der Waals surface area contributed by atoms with Crippen LogP contribution < -0.4 is 9.52 Å². The molecule has 0 saturated heterocycles. The van der Waals surface area contributed by atoms with Crippen molar-refractivity contribution in [3.05, 3.63) is 87.7 Å². The number of halogens is 1. The highest BCUT2D eigenvalue weighted by atomic mass is 35.5. The van der Waals surface area contributed by atoms with Crippen LogP contribution in [0, 0.1) is 0 Å². The Morgan fingerprint density at radius 1 is 0.925 bits per heavy atom. The normalized spacial score (nSPS) is 11.8. The summed E-state index contributed by atoms with van der Waals surface area (Å²) in [7, 11) is -3.86. The second-order valence-electron chi connectivity index (χ2n) is 8.23. The first-order valence-corrected chi connectivity index (χ1v) is 14.7. The number of anilines is 1. The number of amides is 1. The number of ether oxygens (including phenoxy) is 2. The summed E-state index contributed by atoms with van der Waals surface area (Å²) in [6.07, 6.45) is 0. The Bertz CT molecular complexity index is 1740. The number of fused-ring (bicyclic) bond motifs is 1. The molecule has 1 amide bonds. The molecule has 4 aromatic rings. The van der Waals surface area contributed by atoms with Crippen LogP contribution in [0.2, 0.25) is 5.02 Å². The van der Waals surface area contributed by atoms with Crippen LogP contribution in [0.3, 0.4) is 0 Å². The Labute approximate surface area is 238 Å².